The van der Waals surface area contributed by atoms with Crippen LogP contribution in [0.2, 0.25) is 5.02 Å². The lowest BCUT2D eigenvalue weighted by Gasteiger charge is -2.16. The van der Waals surface area contributed by atoms with Crippen LogP contribution in [0.15, 0.2) is 42.6 Å². The van der Waals surface area contributed by atoms with E-state index in [1.54, 1.807) is 18.3 Å². The smallest absolute Gasteiger partial charge is 0.337 e. The molecule has 0 amide bonds. The van der Waals surface area contributed by atoms with Gasteiger partial charge < -0.3 is 5.11 Å². The normalized spacial score (nSPS) is 17.5. The summed E-state index contributed by atoms with van der Waals surface area (Å²) in [5.41, 5.74) is 2.26. The maximum Gasteiger partial charge on any atom is 0.337 e. The lowest BCUT2D eigenvalue weighted by Crippen LogP contribution is -2.21. The fourth-order valence-corrected chi connectivity index (χ4v) is 3.27. The third-order valence-electron chi connectivity index (χ3n) is 4.29. The van der Waals surface area contributed by atoms with Crippen molar-refractivity contribution in [1.82, 2.24) is 9.88 Å². The van der Waals surface area contributed by atoms with E-state index in [0.29, 0.717) is 17.2 Å². The number of carboxylic acids is 1. The van der Waals surface area contributed by atoms with Crippen molar-refractivity contribution >= 4 is 30.0 Å². The van der Waals surface area contributed by atoms with Gasteiger partial charge in [-0.15, -0.1) is 12.4 Å². The van der Waals surface area contributed by atoms with E-state index < -0.39 is 5.97 Å². The molecule has 1 N–H and O–H groups in total. The van der Waals surface area contributed by atoms with Gasteiger partial charge in [0.2, 0.25) is 0 Å². The van der Waals surface area contributed by atoms with E-state index in [2.05, 4.69) is 22.0 Å². The van der Waals surface area contributed by atoms with Crippen molar-refractivity contribution in [3.63, 3.8) is 0 Å². The largest absolute Gasteiger partial charge is 0.478 e. The first kappa shape index (κ1) is 18.7. The molecule has 1 atom stereocenters. The molecule has 0 radical (unpaired) electrons. The molecule has 24 heavy (non-hydrogen) atoms. The first-order valence-electron chi connectivity index (χ1n) is 7.76. The Balaban J connectivity index is 0.00000208. The minimum atomic E-state index is -0.899. The van der Waals surface area contributed by atoms with Gasteiger partial charge in [0.25, 0.3) is 0 Å². The monoisotopic (exact) mass is 366 g/mol. The SMILES string of the molecule is Cl.O=C(O)c1cccnc1CC1CCN(Cc2ccc(Cl)cc2)C1. The summed E-state index contributed by atoms with van der Waals surface area (Å²) in [4.78, 5) is 17.9. The molecule has 0 saturated carbocycles. The standard InChI is InChI=1S/C18H19ClN2O2.ClH/c19-15-5-3-13(4-6-15)11-21-9-7-14(12-21)10-17-16(18(22)23)2-1-8-20-17;/h1-6,8,14H,7,9-12H2,(H,22,23);1H. The number of halogens is 2. The van der Waals surface area contributed by atoms with Crippen molar-refractivity contribution in [3.05, 3.63) is 64.4 Å². The van der Waals surface area contributed by atoms with E-state index in [1.165, 1.54) is 5.56 Å². The summed E-state index contributed by atoms with van der Waals surface area (Å²) in [5.74, 6) is -0.445. The second-order valence-corrected chi connectivity index (χ2v) is 6.46. The Hall–Kier alpha value is -1.62. The average molecular weight is 367 g/mol. The van der Waals surface area contributed by atoms with E-state index in [0.717, 1.165) is 37.5 Å². The highest BCUT2D eigenvalue weighted by molar-refractivity contribution is 6.30. The number of pyridine rings is 1. The number of hydrogen-bond acceptors (Lipinski definition) is 3. The zero-order chi connectivity index (χ0) is 16.2. The van der Waals surface area contributed by atoms with Crippen LogP contribution in [0.4, 0.5) is 0 Å². The summed E-state index contributed by atoms with van der Waals surface area (Å²) in [6.45, 7) is 2.91. The predicted molar refractivity (Wildman–Crippen MR) is 97.0 cm³/mol. The van der Waals surface area contributed by atoms with Gasteiger partial charge in [-0.2, -0.15) is 0 Å². The number of hydrogen-bond donors (Lipinski definition) is 1. The molecule has 0 aliphatic carbocycles. The molecule has 1 aromatic heterocycles. The van der Waals surface area contributed by atoms with Crippen molar-refractivity contribution in [2.75, 3.05) is 13.1 Å². The van der Waals surface area contributed by atoms with Gasteiger partial charge >= 0.3 is 5.97 Å². The minimum Gasteiger partial charge on any atom is -0.478 e. The molecule has 6 heteroatoms. The zero-order valence-electron chi connectivity index (χ0n) is 13.2. The number of rotatable bonds is 5. The van der Waals surface area contributed by atoms with Crippen LogP contribution in [0.5, 0.6) is 0 Å². The van der Waals surface area contributed by atoms with Gasteiger partial charge in [0.1, 0.15) is 0 Å². The van der Waals surface area contributed by atoms with Crippen LogP contribution in [0, 0.1) is 5.92 Å². The third kappa shape index (κ3) is 4.69. The third-order valence-corrected chi connectivity index (χ3v) is 4.54. The van der Waals surface area contributed by atoms with Crippen LogP contribution in [-0.4, -0.2) is 34.0 Å². The van der Waals surface area contributed by atoms with E-state index in [9.17, 15) is 9.90 Å². The Bertz CT molecular complexity index is 692. The number of likely N-dealkylation sites (tertiary alicyclic amines) is 1. The van der Waals surface area contributed by atoms with Crippen molar-refractivity contribution < 1.29 is 9.90 Å². The molecule has 1 unspecified atom stereocenters. The summed E-state index contributed by atoms with van der Waals surface area (Å²) in [5, 5.41) is 10.0. The summed E-state index contributed by atoms with van der Waals surface area (Å²) in [7, 11) is 0. The van der Waals surface area contributed by atoms with Crippen LogP contribution in [0.1, 0.15) is 28.0 Å². The van der Waals surface area contributed by atoms with Crippen LogP contribution in [0.3, 0.4) is 0 Å². The summed E-state index contributed by atoms with van der Waals surface area (Å²) in [6, 6.07) is 11.2. The Kier molecular flexibility index (Phi) is 6.60. The molecule has 0 bridgehead atoms. The molecule has 1 saturated heterocycles. The Morgan fingerprint density at radius 2 is 2.04 bits per heavy atom. The van der Waals surface area contributed by atoms with E-state index in [-0.39, 0.29) is 12.4 Å². The average Bonchev–Trinajstić information content (AvgIpc) is 2.97. The first-order chi connectivity index (χ1) is 11.1. The second-order valence-electron chi connectivity index (χ2n) is 6.02. The topological polar surface area (TPSA) is 53.4 Å². The van der Waals surface area contributed by atoms with Gasteiger partial charge in [-0.3, -0.25) is 9.88 Å². The molecule has 1 aromatic carbocycles. The molecule has 2 heterocycles. The molecular weight excluding hydrogens is 347 g/mol. The fraction of sp³-hybridized carbons (Fsp3) is 0.333. The van der Waals surface area contributed by atoms with Gasteiger partial charge in [0, 0.05) is 24.3 Å². The van der Waals surface area contributed by atoms with E-state index in [4.69, 9.17) is 11.6 Å². The van der Waals surface area contributed by atoms with Crippen LogP contribution >= 0.6 is 24.0 Å². The predicted octanol–water partition coefficient (Wildman–Crippen LogP) is 3.92. The number of aromatic nitrogens is 1. The molecule has 1 aliphatic heterocycles. The van der Waals surface area contributed by atoms with Crippen LogP contribution < -0.4 is 0 Å². The van der Waals surface area contributed by atoms with Crippen molar-refractivity contribution in [2.45, 2.75) is 19.4 Å². The molecule has 128 valence electrons. The molecular formula is C18H20Cl2N2O2. The molecule has 2 aromatic rings. The first-order valence-corrected chi connectivity index (χ1v) is 8.13. The molecule has 3 rings (SSSR count). The summed E-state index contributed by atoms with van der Waals surface area (Å²) < 4.78 is 0. The Morgan fingerprint density at radius 1 is 1.29 bits per heavy atom. The van der Waals surface area contributed by atoms with Gasteiger partial charge in [-0.1, -0.05) is 23.7 Å². The highest BCUT2D eigenvalue weighted by atomic mass is 35.5. The number of carbonyl (C=O) groups is 1. The second kappa shape index (κ2) is 8.47. The van der Waals surface area contributed by atoms with Crippen LogP contribution in [0.25, 0.3) is 0 Å². The fourth-order valence-electron chi connectivity index (χ4n) is 3.14. The Morgan fingerprint density at radius 3 is 2.75 bits per heavy atom. The number of benzene rings is 1. The highest BCUT2D eigenvalue weighted by Crippen LogP contribution is 2.23. The zero-order valence-corrected chi connectivity index (χ0v) is 14.8. The lowest BCUT2D eigenvalue weighted by molar-refractivity contribution is 0.0695. The number of carboxylic acid groups (broad SMARTS) is 1. The van der Waals surface area contributed by atoms with Gasteiger partial charge in [-0.05, 0) is 55.1 Å². The van der Waals surface area contributed by atoms with Gasteiger partial charge in [-0.25, -0.2) is 4.79 Å². The van der Waals surface area contributed by atoms with E-state index >= 15 is 0 Å². The maximum atomic E-state index is 11.3. The Labute approximate surface area is 152 Å². The highest BCUT2D eigenvalue weighted by Gasteiger charge is 2.24. The number of aromatic carboxylic acids is 1. The van der Waals surface area contributed by atoms with Crippen molar-refractivity contribution in [1.29, 1.82) is 0 Å². The summed E-state index contributed by atoms with van der Waals surface area (Å²) in [6.07, 6.45) is 3.46. The van der Waals surface area contributed by atoms with Crippen LogP contribution in [-0.2, 0) is 13.0 Å². The van der Waals surface area contributed by atoms with Crippen molar-refractivity contribution in [2.24, 2.45) is 5.92 Å². The lowest BCUT2D eigenvalue weighted by atomic mass is 9.99. The molecule has 1 fully saturated rings. The number of nitrogens with zero attached hydrogens (tertiary/aromatic N) is 2. The molecule has 0 spiro atoms. The van der Waals surface area contributed by atoms with E-state index in [1.807, 2.05) is 12.1 Å². The minimum absolute atomic E-state index is 0. The summed E-state index contributed by atoms with van der Waals surface area (Å²) >= 11 is 5.91. The quantitative estimate of drug-likeness (QED) is 0.870. The van der Waals surface area contributed by atoms with Gasteiger partial charge in [0.15, 0.2) is 0 Å². The maximum absolute atomic E-state index is 11.3. The van der Waals surface area contributed by atoms with Crippen molar-refractivity contribution in [3.8, 4) is 0 Å². The molecule has 1 aliphatic rings. The van der Waals surface area contributed by atoms with Gasteiger partial charge in [0.05, 0.1) is 11.3 Å². The molecule has 4 nitrogen and oxygen atoms in total.